The first-order valence-electron chi connectivity index (χ1n) is 7.12. The number of piperidine rings is 1. The topological polar surface area (TPSA) is 35.6 Å². The summed E-state index contributed by atoms with van der Waals surface area (Å²) >= 11 is 1.78. The Bertz CT molecular complexity index is 412. The maximum atomic E-state index is 12.4. The highest BCUT2D eigenvalue weighted by Crippen LogP contribution is 2.23. The van der Waals surface area contributed by atoms with Gasteiger partial charge in [0.1, 0.15) is 0 Å². The minimum atomic E-state index is 0. The van der Waals surface area contributed by atoms with E-state index in [9.17, 15) is 4.79 Å². The summed E-state index contributed by atoms with van der Waals surface area (Å²) in [5.41, 5.74) is 0. The number of rotatable bonds is 2. The molecule has 4 nitrogen and oxygen atoms in total. The molecule has 0 aliphatic carbocycles. The van der Waals surface area contributed by atoms with Crippen molar-refractivity contribution < 1.29 is 4.79 Å². The van der Waals surface area contributed by atoms with Crippen LogP contribution in [0, 0.1) is 5.92 Å². The Balaban J connectivity index is 0.00000147. The van der Waals surface area contributed by atoms with Gasteiger partial charge < -0.3 is 15.1 Å². The van der Waals surface area contributed by atoms with E-state index < -0.39 is 0 Å². The second-order valence-electron chi connectivity index (χ2n) is 5.29. The zero-order valence-electron chi connectivity index (χ0n) is 11.6. The predicted molar refractivity (Wildman–Crippen MR) is 86.0 cm³/mol. The quantitative estimate of drug-likeness (QED) is 0.904. The molecule has 2 saturated heterocycles. The lowest BCUT2D eigenvalue weighted by molar-refractivity contribution is -0.136. The van der Waals surface area contributed by atoms with Gasteiger partial charge in [-0.1, -0.05) is 0 Å². The summed E-state index contributed by atoms with van der Waals surface area (Å²) in [5, 5.41) is 6.76. The lowest BCUT2D eigenvalue weighted by atomic mass is 9.96. The smallest absolute Gasteiger partial charge is 0.225 e. The molecular weight excluding hydrogens is 294 g/mol. The maximum Gasteiger partial charge on any atom is 0.225 e. The molecule has 20 heavy (non-hydrogen) atoms. The van der Waals surface area contributed by atoms with Crippen molar-refractivity contribution in [1.82, 2.24) is 10.2 Å². The van der Waals surface area contributed by atoms with Crippen molar-refractivity contribution in [3.8, 4) is 0 Å². The van der Waals surface area contributed by atoms with Crippen LogP contribution in [0.15, 0.2) is 17.5 Å². The number of thiophene rings is 1. The predicted octanol–water partition coefficient (Wildman–Crippen LogP) is 1.82. The number of amides is 1. The van der Waals surface area contributed by atoms with E-state index in [0.29, 0.717) is 5.91 Å². The number of nitrogens with zero attached hydrogens (tertiary/aromatic N) is 2. The fraction of sp³-hybridized carbons (Fsp3) is 0.643. The molecule has 0 saturated carbocycles. The first-order valence-corrected chi connectivity index (χ1v) is 8.00. The van der Waals surface area contributed by atoms with Crippen LogP contribution in [0.1, 0.15) is 12.8 Å². The van der Waals surface area contributed by atoms with Gasteiger partial charge >= 0.3 is 0 Å². The highest BCUT2D eigenvalue weighted by molar-refractivity contribution is 7.14. The van der Waals surface area contributed by atoms with E-state index in [1.807, 2.05) is 0 Å². The molecule has 2 aliphatic heterocycles. The van der Waals surface area contributed by atoms with Crippen LogP contribution in [0.2, 0.25) is 0 Å². The zero-order chi connectivity index (χ0) is 13.1. The molecule has 3 rings (SSSR count). The van der Waals surface area contributed by atoms with E-state index in [2.05, 4.69) is 32.6 Å². The molecule has 0 atom stereocenters. The summed E-state index contributed by atoms with van der Waals surface area (Å²) in [6.45, 7) is 5.67. The van der Waals surface area contributed by atoms with Crippen molar-refractivity contribution in [2.45, 2.75) is 12.8 Å². The zero-order valence-corrected chi connectivity index (χ0v) is 13.2. The molecule has 1 N–H and O–H groups in total. The van der Waals surface area contributed by atoms with Gasteiger partial charge in [-0.2, -0.15) is 0 Å². The maximum absolute atomic E-state index is 12.4. The molecule has 2 fully saturated rings. The van der Waals surface area contributed by atoms with Crippen molar-refractivity contribution in [2.75, 3.05) is 44.2 Å². The van der Waals surface area contributed by atoms with Crippen molar-refractivity contribution in [1.29, 1.82) is 0 Å². The molecular formula is C14H22ClN3OS. The first-order chi connectivity index (χ1) is 9.34. The van der Waals surface area contributed by atoms with E-state index in [4.69, 9.17) is 0 Å². The molecule has 112 valence electrons. The van der Waals surface area contributed by atoms with Crippen LogP contribution in [0.5, 0.6) is 0 Å². The number of hydrogen-bond acceptors (Lipinski definition) is 4. The molecule has 3 heterocycles. The number of piperazine rings is 1. The van der Waals surface area contributed by atoms with Crippen LogP contribution in [-0.2, 0) is 4.79 Å². The third-order valence-corrected chi connectivity index (χ3v) is 5.03. The van der Waals surface area contributed by atoms with Crippen LogP contribution < -0.4 is 10.2 Å². The van der Waals surface area contributed by atoms with E-state index in [1.54, 1.807) is 11.3 Å². The van der Waals surface area contributed by atoms with Gasteiger partial charge in [-0.15, -0.1) is 23.7 Å². The van der Waals surface area contributed by atoms with Gasteiger partial charge in [0.05, 0.1) is 5.00 Å². The van der Waals surface area contributed by atoms with E-state index in [0.717, 1.165) is 52.1 Å². The monoisotopic (exact) mass is 315 g/mol. The number of carbonyl (C=O) groups excluding carboxylic acids is 1. The summed E-state index contributed by atoms with van der Waals surface area (Å²) < 4.78 is 0. The Labute approximate surface area is 130 Å². The van der Waals surface area contributed by atoms with E-state index in [-0.39, 0.29) is 18.3 Å². The SMILES string of the molecule is Cl.O=C(C1CCNCC1)N1CCN(c2cccs2)CC1. The molecule has 2 aliphatic rings. The average molecular weight is 316 g/mol. The standard InChI is InChI=1S/C14H21N3OS.ClH/c18-14(12-3-5-15-6-4-12)17-9-7-16(8-10-17)13-2-1-11-19-13;/h1-2,11-12,15H,3-10H2;1H. The van der Waals surface area contributed by atoms with Gasteiger partial charge in [0.25, 0.3) is 0 Å². The van der Waals surface area contributed by atoms with Gasteiger partial charge in [0.2, 0.25) is 5.91 Å². The van der Waals surface area contributed by atoms with Crippen LogP contribution >= 0.6 is 23.7 Å². The fourth-order valence-corrected chi connectivity index (χ4v) is 3.71. The van der Waals surface area contributed by atoms with E-state index in [1.165, 1.54) is 5.00 Å². The molecule has 1 aromatic heterocycles. The van der Waals surface area contributed by atoms with Crippen molar-refractivity contribution in [3.05, 3.63) is 17.5 Å². The summed E-state index contributed by atoms with van der Waals surface area (Å²) in [6, 6.07) is 4.25. The van der Waals surface area contributed by atoms with Crippen molar-refractivity contribution in [2.24, 2.45) is 5.92 Å². The molecule has 1 aromatic rings. The Kier molecular flexibility index (Phi) is 5.69. The average Bonchev–Trinajstić information content (AvgIpc) is 3.02. The number of halogens is 1. The Hall–Kier alpha value is -0.780. The number of nitrogens with one attached hydrogen (secondary N) is 1. The van der Waals surface area contributed by atoms with Gasteiger partial charge in [-0.3, -0.25) is 4.79 Å². The second kappa shape index (κ2) is 7.29. The molecule has 0 bridgehead atoms. The van der Waals surface area contributed by atoms with Crippen LogP contribution in [0.3, 0.4) is 0 Å². The highest BCUT2D eigenvalue weighted by atomic mass is 35.5. The van der Waals surface area contributed by atoms with Crippen molar-refractivity contribution in [3.63, 3.8) is 0 Å². The van der Waals surface area contributed by atoms with Gasteiger partial charge in [0, 0.05) is 32.1 Å². The minimum Gasteiger partial charge on any atom is -0.360 e. The first kappa shape index (κ1) is 15.6. The van der Waals surface area contributed by atoms with E-state index >= 15 is 0 Å². The molecule has 0 aromatic carbocycles. The van der Waals surface area contributed by atoms with Crippen LogP contribution in [0.25, 0.3) is 0 Å². The molecule has 1 amide bonds. The molecule has 0 unspecified atom stereocenters. The summed E-state index contributed by atoms with van der Waals surface area (Å²) in [6.07, 6.45) is 2.01. The normalized spacial score (nSPS) is 20.6. The summed E-state index contributed by atoms with van der Waals surface area (Å²) in [5.74, 6) is 0.641. The fourth-order valence-electron chi connectivity index (χ4n) is 2.92. The van der Waals surface area contributed by atoms with Crippen molar-refractivity contribution >= 4 is 34.7 Å². The highest BCUT2D eigenvalue weighted by Gasteiger charge is 2.28. The minimum absolute atomic E-state index is 0. The summed E-state index contributed by atoms with van der Waals surface area (Å²) in [7, 11) is 0. The largest absolute Gasteiger partial charge is 0.360 e. The summed E-state index contributed by atoms with van der Waals surface area (Å²) in [4.78, 5) is 16.9. The van der Waals surface area contributed by atoms with Crippen LogP contribution in [-0.4, -0.2) is 50.1 Å². The lowest BCUT2D eigenvalue weighted by Gasteiger charge is -2.37. The number of carbonyl (C=O) groups is 1. The molecule has 0 spiro atoms. The number of hydrogen-bond donors (Lipinski definition) is 1. The third kappa shape index (κ3) is 3.45. The number of anilines is 1. The Morgan fingerprint density at radius 2 is 1.90 bits per heavy atom. The van der Waals surface area contributed by atoms with Crippen LogP contribution in [0.4, 0.5) is 5.00 Å². The molecule has 0 radical (unpaired) electrons. The third-order valence-electron chi connectivity index (χ3n) is 4.10. The van der Waals surface area contributed by atoms with Gasteiger partial charge in [-0.05, 0) is 43.4 Å². The lowest BCUT2D eigenvalue weighted by Crippen LogP contribution is -2.51. The van der Waals surface area contributed by atoms with Gasteiger partial charge in [0.15, 0.2) is 0 Å². The second-order valence-corrected chi connectivity index (χ2v) is 6.21. The van der Waals surface area contributed by atoms with Gasteiger partial charge in [-0.25, -0.2) is 0 Å². The Morgan fingerprint density at radius 1 is 1.20 bits per heavy atom. The molecule has 6 heteroatoms. The Morgan fingerprint density at radius 3 is 2.50 bits per heavy atom.